The molecule has 2 nitrogen and oxygen atoms in total. The molecule has 2 aromatic rings. The molecule has 16 heavy (non-hydrogen) atoms. The van der Waals surface area contributed by atoms with Gasteiger partial charge in [0.05, 0.1) is 4.88 Å². The predicted molar refractivity (Wildman–Crippen MR) is 73.8 cm³/mol. The fourth-order valence-corrected chi connectivity index (χ4v) is 2.76. The van der Waals surface area contributed by atoms with Gasteiger partial charge in [-0.25, -0.2) is 4.98 Å². The first-order valence-electron chi connectivity index (χ1n) is 5.09. The van der Waals surface area contributed by atoms with Crippen molar-refractivity contribution in [3.63, 3.8) is 0 Å². The SMILES string of the molecule is CC(C)c1cc(Br)ccc1-c1cnc(N)s1. The maximum atomic E-state index is 5.67. The van der Waals surface area contributed by atoms with E-state index in [-0.39, 0.29) is 0 Å². The molecule has 1 aromatic heterocycles. The van der Waals surface area contributed by atoms with Crippen LogP contribution < -0.4 is 5.73 Å². The van der Waals surface area contributed by atoms with Gasteiger partial charge in [-0.15, -0.1) is 0 Å². The van der Waals surface area contributed by atoms with Crippen LogP contribution in [0.5, 0.6) is 0 Å². The van der Waals surface area contributed by atoms with Gasteiger partial charge in [0, 0.05) is 10.7 Å². The van der Waals surface area contributed by atoms with Crippen LogP contribution in [-0.4, -0.2) is 4.98 Å². The van der Waals surface area contributed by atoms with Crippen molar-refractivity contribution in [3.05, 3.63) is 34.4 Å². The van der Waals surface area contributed by atoms with Gasteiger partial charge in [0.15, 0.2) is 5.13 Å². The van der Waals surface area contributed by atoms with Gasteiger partial charge in [-0.05, 0) is 29.2 Å². The van der Waals surface area contributed by atoms with Crippen molar-refractivity contribution in [2.24, 2.45) is 0 Å². The Morgan fingerprint density at radius 3 is 2.69 bits per heavy atom. The van der Waals surface area contributed by atoms with Gasteiger partial charge < -0.3 is 5.73 Å². The molecule has 0 aliphatic rings. The largest absolute Gasteiger partial charge is 0.375 e. The van der Waals surface area contributed by atoms with Crippen molar-refractivity contribution in [2.75, 3.05) is 5.73 Å². The van der Waals surface area contributed by atoms with Gasteiger partial charge in [-0.2, -0.15) is 0 Å². The number of aromatic nitrogens is 1. The number of hydrogen-bond donors (Lipinski definition) is 1. The number of nitrogens with zero attached hydrogens (tertiary/aromatic N) is 1. The van der Waals surface area contributed by atoms with Gasteiger partial charge in [-0.1, -0.05) is 47.2 Å². The smallest absolute Gasteiger partial charge is 0.180 e. The molecule has 84 valence electrons. The Balaban J connectivity index is 2.56. The van der Waals surface area contributed by atoms with E-state index in [9.17, 15) is 0 Å². The van der Waals surface area contributed by atoms with E-state index in [1.807, 2.05) is 6.20 Å². The summed E-state index contributed by atoms with van der Waals surface area (Å²) in [6.45, 7) is 4.38. The minimum Gasteiger partial charge on any atom is -0.375 e. The maximum Gasteiger partial charge on any atom is 0.180 e. The minimum atomic E-state index is 0.482. The zero-order chi connectivity index (χ0) is 11.7. The van der Waals surface area contributed by atoms with Crippen LogP contribution in [0.15, 0.2) is 28.9 Å². The van der Waals surface area contributed by atoms with Gasteiger partial charge in [0.25, 0.3) is 0 Å². The predicted octanol–water partition coefficient (Wildman–Crippen LogP) is 4.28. The molecule has 1 aromatic carbocycles. The average molecular weight is 297 g/mol. The number of rotatable bonds is 2. The van der Waals surface area contributed by atoms with Crippen LogP contribution in [0.4, 0.5) is 5.13 Å². The molecular weight excluding hydrogens is 284 g/mol. The molecule has 0 amide bonds. The van der Waals surface area contributed by atoms with Gasteiger partial charge in [0.1, 0.15) is 0 Å². The maximum absolute atomic E-state index is 5.67. The zero-order valence-corrected chi connectivity index (χ0v) is 11.6. The molecular formula is C12H13BrN2S. The topological polar surface area (TPSA) is 38.9 Å². The number of hydrogen-bond acceptors (Lipinski definition) is 3. The van der Waals surface area contributed by atoms with E-state index < -0.39 is 0 Å². The Labute approximate surface area is 108 Å². The number of halogens is 1. The molecule has 0 fully saturated rings. The second-order valence-electron chi connectivity index (χ2n) is 3.95. The Bertz CT molecular complexity index is 505. The first kappa shape index (κ1) is 11.6. The average Bonchev–Trinajstić information content (AvgIpc) is 2.64. The Hall–Kier alpha value is -0.870. The van der Waals surface area contributed by atoms with Crippen molar-refractivity contribution in [1.29, 1.82) is 0 Å². The lowest BCUT2D eigenvalue weighted by molar-refractivity contribution is 0.868. The fourth-order valence-electron chi connectivity index (χ4n) is 1.65. The summed E-state index contributed by atoms with van der Waals surface area (Å²) in [5, 5.41) is 0.618. The quantitative estimate of drug-likeness (QED) is 0.898. The summed E-state index contributed by atoms with van der Waals surface area (Å²) >= 11 is 5.04. The molecule has 2 N–H and O–H groups in total. The molecule has 0 unspecified atom stereocenters. The van der Waals surface area contributed by atoms with Gasteiger partial charge in [0.2, 0.25) is 0 Å². The van der Waals surface area contributed by atoms with E-state index in [0.29, 0.717) is 11.0 Å². The molecule has 0 saturated heterocycles. The van der Waals surface area contributed by atoms with E-state index in [2.05, 4.69) is 53.0 Å². The molecule has 2 rings (SSSR count). The van der Waals surface area contributed by atoms with Crippen LogP contribution in [0.25, 0.3) is 10.4 Å². The van der Waals surface area contributed by atoms with E-state index in [0.717, 1.165) is 9.35 Å². The van der Waals surface area contributed by atoms with Crippen LogP contribution in [0, 0.1) is 0 Å². The van der Waals surface area contributed by atoms with E-state index in [4.69, 9.17) is 5.73 Å². The van der Waals surface area contributed by atoms with Crippen LogP contribution in [0.3, 0.4) is 0 Å². The first-order valence-corrected chi connectivity index (χ1v) is 6.70. The highest BCUT2D eigenvalue weighted by Crippen LogP contribution is 2.35. The molecule has 0 bridgehead atoms. The molecule has 4 heteroatoms. The number of nitrogen functional groups attached to an aromatic ring is 1. The van der Waals surface area contributed by atoms with E-state index in [1.165, 1.54) is 22.5 Å². The summed E-state index contributed by atoms with van der Waals surface area (Å²) in [6, 6.07) is 6.33. The lowest BCUT2D eigenvalue weighted by Crippen LogP contribution is -1.91. The standard InChI is InChI=1S/C12H13BrN2S/c1-7(2)10-5-8(13)3-4-9(10)11-6-15-12(14)16-11/h3-7H,1-2H3,(H2,14,15). The van der Waals surface area contributed by atoms with E-state index >= 15 is 0 Å². The number of nitrogens with two attached hydrogens (primary N) is 1. The highest BCUT2D eigenvalue weighted by atomic mass is 79.9. The normalized spacial score (nSPS) is 11.0. The van der Waals surface area contributed by atoms with Crippen molar-refractivity contribution in [1.82, 2.24) is 4.98 Å². The highest BCUT2D eigenvalue weighted by Gasteiger charge is 2.11. The van der Waals surface area contributed by atoms with Crippen molar-refractivity contribution in [3.8, 4) is 10.4 Å². The molecule has 0 aliphatic carbocycles. The third-order valence-electron chi connectivity index (χ3n) is 2.42. The molecule has 0 saturated carbocycles. The van der Waals surface area contributed by atoms with Crippen LogP contribution in [0.1, 0.15) is 25.3 Å². The molecule has 0 atom stereocenters. The van der Waals surface area contributed by atoms with Gasteiger partial charge >= 0.3 is 0 Å². The number of thiazole rings is 1. The molecule has 0 spiro atoms. The minimum absolute atomic E-state index is 0.482. The molecule has 1 heterocycles. The molecule has 0 radical (unpaired) electrons. The second kappa shape index (κ2) is 4.55. The van der Waals surface area contributed by atoms with Crippen molar-refractivity contribution < 1.29 is 0 Å². The zero-order valence-electron chi connectivity index (χ0n) is 9.20. The summed E-state index contributed by atoms with van der Waals surface area (Å²) in [6.07, 6.45) is 1.84. The third kappa shape index (κ3) is 2.28. The van der Waals surface area contributed by atoms with Crippen molar-refractivity contribution in [2.45, 2.75) is 19.8 Å². The van der Waals surface area contributed by atoms with E-state index in [1.54, 1.807) is 0 Å². The fraction of sp³-hybridized carbons (Fsp3) is 0.250. The Morgan fingerprint density at radius 1 is 1.38 bits per heavy atom. The Morgan fingerprint density at radius 2 is 2.12 bits per heavy atom. The lowest BCUT2D eigenvalue weighted by Gasteiger charge is -2.11. The summed E-state index contributed by atoms with van der Waals surface area (Å²) in [7, 11) is 0. The van der Waals surface area contributed by atoms with Crippen molar-refractivity contribution >= 4 is 32.4 Å². The lowest BCUT2D eigenvalue weighted by atomic mass is 9.97. The monoisotopic (exact) mass is 296 g/mol. The summed E-state index contributed by atoms with van der Waals surface area (Å²) in [5.74, 6) is 0.482. The summed E-state index contributed by atoms with van der Waals surface area (Å²) in [4.78, 5) is 5.23. The number of benzene rings is 1. The second-order valence-corrected chi connectivity index (χ2v) is 5.93. The number of anilines is 1. The summed E-state index contributed by atoms with van der Waals surface area (Å²) in [5.41, 5.74) is 8.22. The first-order chi connectivity index (χ1) is 7.58. The molecule has 0 aliphatic heterocycles. The van der Waals surface area contributed by atoms with Crippen LogP contribution >= 0.6 is 27.3 Å². The van der Waals surface area contributed by atoms with Crippen LogP contribution in [0.2, 0.25) is 0 Å². The third-order valence-corrected chi connectivity index (χ3v) is 3.78. The van der Waals surface area contributed by atoms with Gasteiger partial charge in [-0.3, -0.25) is 0 Å². The summed E-state index contributed by atoms with van der Waals surface area (Å²) < 4.78 is 1.11. The highest BCUT2D eigenvalue weighted by molar-refractivity contribution is 9.10. The Kier molecular flexibility index (Phi) is 3.30. The van der Waals surface area contributed by atoms with Crippen LogP contribution in [-0.2, 0) is 0 Å².